The molecule has 0 aromatic heterocycles. The average Bonchev–Trinajstić information content (AvgIpc) is 3.01. The quantitative estimate of drug-likeness (QED) is 0.422. The Morgan fingerprint density at radius 3 is 2.58 bits per heavy atom. The highest BCUT2D eigenvalue weighted by Crippen LogP contribution is 2.39. The van der Waals surface area contributed by atoms with Crippen molar-refractivity contribution in [1.82, 2.24) is 4.90 Å². The van der Waals surface area contributed by atoms with E-state index in [1.165, 1.54) is 13.2 Å². The first kappa shape index (κ1) is 22.7. The summed E-state index contributed by atoms with van der Waals surface area (Å²) in [5, 5.41) is -0.234. The highest BCUT2D eigenvalue weighted by atomic mass is 35.5. The molecule has 2 aromatic rings. The van der Waals surface area contributed by atoms with Crippen LogP contribution in [0.15, 0.2) is 47.4 Å². The van der Waals surface area contributed by atoms with Crippen LogP contribution in [0.3, 0.4) is 0 Å². The Bertz CT molecular complexity index is 1020. The summed E-state index contributed by atoms with van der Waals surface area (Å²) in [6.45, 7) is 2.10. The number of rotatable bonds is 8. The first-order chi connectivity index (χ1) is 14.9. The van der Waals surface area contributed by atoms with Crippen molar-refractivity contribution >= 4 is 46.6 Å². The molecule has 1 fully saturated rings. The van der Waals surface area contributed by atoms with Crippen LogP contribution >= 0.6 is 23.4 Å². The number of ether oxygens (including phenoxy) is 3. The van der Waals surface area contributed by atoms with Gasteiger partial charge in [0.05, 0.1) is 23.6 Å². The van der Waals surface area contributed by atoms with Crippen LogP contribution in [-0.2, 0) is 20.9 Å². The van der Waals surface area contributed by atoms with Crippen molar-refractivity contribution in [2.45, 2.75) is 13.5 Å². The van der Waals surface area contributed by atoms with Crippen LogP contribution in [0.2, 0.25) is 5.02 Å². The van der Waals surface area contributed by atoms with Gasteiger partial charge < -0.3 is 14.2 Å². The molecule has 7 nitrogen and oxygen atoms in total. The molecule has 0 spiro atoms. The first-order valence-corrected chi connectivity index (χ1v) is 10.6. The molecule has 0 atom stereocenters. The van der Waals surface area contributed by atoms with E-state index in [0.29, 0.717) is 35.3 Å². The minimum Gasteiger partial charge on any atom is -0.490 e. The molecule has 1 aliphatic rings. The molecule has 2 amide bonds. The minimum absolute atomic E-state index is 0.172. The lowest BCUT2D eigenvalue weighted by molar-refractivity contribution is -0.143. The van der Waals surface area contributed by atoms with Crippen LogP contribution < -0.4 is 9.47 Å². The zero-order valence-corrected chi connectivity index (χ0v) is 18.5. The second kappa shape index (κ2) is 10.4. The molecule has 1 heterocycles. The number of carbonyl (C=O) groups is 3. The summed E-state index contributed by atoms with van der Waals surface area (Å²) in [6, 6.07) is 12.9. The lowest BCUT2D eigenvalue weighted by Gasteiger charge is -2.15. The van der Waals surface area contributed by atoms with E-state index in [1.807, 2.05) is 37.3 Å². The number of hydrogen-bond donors (Lipinski definition) is 0. The Hall–Kier alpha value is -2.97. The van der Waals surface area contributed by atoms with Gasteiger partial charge in [0.15, 0.2) is 11.5 Å². The lowest BCUT2D eigenvalue weighted by Crippen LogP contribution is -2.34. The number of amides is 2. The summed E-state index contributed by atoms with van der Waals surface area (Å²) >= 11 is 7.18. The maximum absolute atomic E-state index is 12.5. The van der Waals surface area contributed by atoms with Gasteiger partial charge >= 0.3 is 5.97 Å². The molecule has 0 aliphatic carbocycles. The molecule has 162 valence electrons. The maximum Gasteiger partial charge on any atom is 0.325 e. The average molecular weight is 462 g/mol. The number of nitrogens with zero attached hydrogens (tertiary/aromatic N) is 1. The van der Waals surface area contributed by atoms with Crippen LogP contribution in [-0.4, -0.2) is 42.3 Å². The van der Waals surface area contributed by atoms with E-state index in [1.54, 1.807) is 12.1 Å². The summed E-state index contributed by atoms with van der Waals surface area (Å²) in [7, 11) is 1.19. The Morgan fingerprint density at radius 2 is 1.90 bits per heavy atom. The highest BCUT2D eigenvalue weighted by Gasteiger charge is 2.36. The molecule has 1 saturated heterocycles. The van der Waals surface area contributed by atoms with Gasteiger partial charge in [-0.25, -0.2) is 0 Å². The van der Waals surface area contributed by atoms with Gasteiger partial charge in [-0.3, -0.25) is 19.3 Å². The zero-order valence-electron chi connectivity index (χ0n) is 16.9. The van der Waals surface area contributed by atoms with Crippen molar-refractivity contribution in [3.8, 4) is 11.5 Å². The molecule has 3 rings (SSSR count). The topological polar surface area (TPSA) is 82.1 Å². The molecule has 0 saturated carbocycles. The fourth-order valence-electron chi connectivity index (χ4n) is 2.79. The fraction of sp³-hybridized carbons (Fsp3) is 0.227. The van der Waals surface area contributed by atoms with Gasteiger partial charge in [-0.05, 0) is 48.0 Å². The SMILES string of the molecule is CCOc1cc(/C=C2\SC(=O)N(CC(=O)OC)C2=O)cc(Cl)c1OCc1ccccc1. The molecular formula is C22H20ClNO6S. The van der Waals surface area contributed by atoms with E-state index in [0.717, 1.165) is 22.2 Å². The van der Waals surface area contributed by atoms with E-state index < -0.39 is 23.7 Å². The van der Waals surface area contributed by atoms with E-state index in [2.05, 4.69) is 4.74 Å². The van der Waals surface area contributed by atoms with Crippen LogP contribution in [0.25, 0.3) is 6.08 Å². The van der Waals surface area contributed by atoms with Gasteiger partial charge in [0.25, 0.3) is 11.1 Å². The van der Waals surface area contributed by atoms with Crippen LogP contribution in [0.1, 0.15) is 18.1 Å². The second-order valence-corrected chi connectivity index (χ2v) is 7.78. The third-order valence-electron chi connectivity index (χ3n) is 4.24. The summed E-state index contributed by atoms with van der Waals surface area (Å²) in [4.78, 5) is 37.1. The summed E-state index contributed by atoms with van der Waals surface area (Å²) in [5.74, 6) is -0.432. The Kier molecular flexibility index (Phi) is 7.59. The van der Waals surface area contributed by atoms with E-state index in [-0.39, 0.29) is 4.91 Å². The van der Waals surface area contributed by atoms with Gasteiger partial charge in [-0.15, -0.1) is 0 Å². The van der Waals surface area contributed by atoms with Crippen molar-refractivity contribution in [2.75, 3.05) is 20.3 Å². The highest BCUT2D eigenvalue weighted by molar-refractivity contribution is 8.18. The van der Waals surface area contributed by atoms with Gasteiger partial charge in [0.1, 0.15) is 13.2 Å². The molecule has 0 bridgehead atoms. The molecular weight excluding hydrogens is 442 g/mol. The largest absolute Gasteiger partial charge is 0.490 e. The monoisotopic (exact) mass is 461 g/mol. The lowest BCUT2D eigenvalue weighted by atomic mass is 10.1. The van der Waals surface area contributed by atoms with Crippen molar-refractivity contribution < 1.29 is 28.6 Å². The van der Waals surface area contributed by atoms with Crippen molar-refractivity contribution in [2.24, 2.45) is 0 Å². The van der Waals surface area contributed by atoms with Crippen molar-refractivity contribution in [3.63, 3.8) is 0 Å². The van der Waals surface area contributed by atoms with Crippen LogP contribution in [0.5, 0.6) is 11.5 Å². The number of carbonyl (C=O) groups excluding carboxylic acids is 3. The van der Waals surface area contributed by atoms with Crippen molar-refractivity contribution in [1.29, 1.82) is 0 Å². The van der Waals surface area contributed by atoms with Gasteiger partial charge in [0.2, 0.25) is 0 Å². The maximum atomic E-state index is 12.5. The Labute approximate surface area is 188 Å². The first-order valence-electron chi connectivity index (χ1n) is 9.38. The zero-order chi connectivity index (χ0) is 22.4. The van der Waals surface area contributed by atoms with E-state index in [4.69, 9.17) is 21.1 Å². The number of halogens is 1. The third kappa shape index (κ3) is 5.59. The normalized spacial score (nSPS) is 14.8. The fourth-order valence-corrected chi connectivity index (χ4v) is 3.90. The molecule has 9 heteroatoms. The van der Waals surface area contributed by atoms with Gasteiger partial charge in [-0.1, -0.05) is 41.9 Å². The minimum atomic E-state index is -0.676. The third-order valence-corrected chi connectivity index (χ3v) is 5.43. The predicted octanol–water partition coefficient (Wildman–Crippen LogP) is 4.53. The smallest absolute Gasteiger partial charge is 0.325 e. The number of thioether (sulfide) groups is 1. The number of esters is 1. The molecule has 31 heavy (non-hydrogen) atoms. The molecule has 0 unspecified atom stereocenters. The molecule has 0 N–H and O–H groups in total. The Morgan fingerprint density at radius 1 is 1.16 bits per heavy atom. The van der Waals surface area contributed by atoms with Crippen molar-refractivity contribution in [3.05, 3.63) is 63.5 Å². The Balaban J connectivity index is 1.84. The summed E-state index contributed by atoms with van der Waals surface area (Å²) in [6.07, 6.45) is 1.53. The van der Waals surface area contributed by atoms with E-state index >= 15 is 0 Å². The van der Waals surface area contributed by atoms with Gasteiger partial charge in [-0.2, -0.15) is 0 Å². The summed E-state index contributed by atoms with van der Waals surface area (Å²) in [5.41, 5.74) is 1.54. The molecule has 1 aliphatic heterocycles. The number of methoxy groups -OCH3 is 1. The van der Waals surface area contributed by atoms with Crippen LogP contribution in [0, 0.1) is 0 Å². The molecule has 2 aromatic carbocycles. The number of benzene rings is 2. The number of imide groups is 1. The van der Waals surface area contributed by atoms with Gasteiger partial charge in [0, 0.05) is 0 Å². The van der Waals surface area contributed by atoms with E-state index in [9.17, 15) is 14.4 Å². The molecule has 0 radical (unpaired) electrons. The summed E-state index contributed by atoms with van der Waals surface area (Å²) < 4.78 is 16.1. The predicted molar refractivity (Wildman–Crippen MR) is 118 cm³/mol. The second-order valence-electron chi connectivity index (χ2n) is 6.38. The standard InChI is InChI=1S/C22H20ClNO6S/c1-3-29-17-10-15(9-16(23)20(17)30-13-14-7-5-4-6-8-14)11-18-21(26)24(22(27)31-18)12-19(25)28-2/h4-11H,3,12-13H2,1-2H3/b18-11-. The number of hydrogen-bond acceptors (Lipinski definition) is 7. The van der Waals surface area contributed by atoms with Crippen LogP contribution in [0.4, 0.5) is 4.79 Å².